The van der Waals surface area contributed by atoms with Crippen molar-refractivity contribution in [2.24, 2.45) is 5.92 Å². The summed E-state index contributed by atoms with van der Waals surface area (Å²) in [7, 11) is 0. The molecule has 2 aliphatic rings. The lowest BCUT2D eigenvalue weighted by atomic mass is 9.94. The molecule has 3 rings (SSSR count). The number of benzene rings is 1. The van der Waals surface area contributed by atoms with E-state index in [1.54, 1.807) is 11.8 Å². The highest BCUT2D eigenvalue weighted by atomic mass is 16.6. The number of nitrogens with zero attached hydrogens (tertiary/aromatic N) is 2. The third-order valence-electron chi connectivity index (χ3n) is 5.61. The Hall–Kier alpha value is -2.48. The zero-order chi connectivity index (χ0) is 19.6. The number of hydrogen-bond acceptors (Lipinski definition) is 5. The van der Waals surface area contributed by atoms with Gasteiger partial charge in [-0.15, -0.1) is 0 Å². The van der Waals surface area contributed by atoms with E-state index in [1.165, 1.54) is 18.2 Å². The number of piperidine rings is 1. The van der Waals surface area contributed by atoms with Crippen molar-refractivity contribution in [1.82, 2.24) is 15.5 Å². The lowest BCUT2D eigenvalue weighted by molar-refractivity contribution is -0.385. The molecule has 8 heteroatoms. The number of nitro groups is 1. The van der Waals surface area contributed by atoms with Crippen LogP contribution in [0.2, 0.25) is 0 Å². The lowest BCUT2D eigenvalue weighted by Gasteiger charge is -2.32. The van der Waals surface area contributed by atoms with Crippen LogP contribution in [0.15, 0.2) is 18.2 Å². The van der Waals surface area contributed by atoms with Crippen molar-refractivity contribution in [2.75, 3.05) is 19.6 Å². The largest absolute Gasteiger partial charge is 0.350 e. The first-order valence-electron chi connectivity index (χ1n) is 9.45. The first-order chi connectivity index (χ1) is 12.9. The molecule has 2 fully saturated rings. The second-order valence-corrected chi connectivity index (χ2v) is 7.50. The molecule has 2 aliphatic heterocycles. The van der Waals surface area contributed by atoms with Gasteiger partial charge in [0.15, 0.2) is 0 Å². The number of likely N-dealkylation sites (tertiary alicyclic amines) is 1. The second kappa shape index (κ2) is 8.04. The molecule has 2 heterocycles. The molecule has 2 saturated heterocycles. The van der Waals surface area contributed by atoms with Crippen LogP contribution >= 0.6 is 0 Å². The fraction of sp³-hybridized carbons (Fsp3) is 0.579. The molecule has 27 heavy (non-hydrogen) atoms. The number of hydrogen-bond donors (Lipinski definition) is 2. The third-order valence-corrected chi connectivity index (χ3v) is 5.61. The molecule has 0 aromatic heterocycles. The van der Waals surface area contributed by atoms with Gasteiger partial charge in [-0.1, -0.05) is 6.92 Å². The molecule has 0 radical (unpaired) electrons. The Morgan fingerprint density at radius 1 is 1.33 bits per heavy atom. The van der Waals surface area contributed by atoms with Gasteiger partial charge in [0, 0.05) is 36.3 Å². The predicted octanol–water partition coefficient (Wildman–Crippen LogP) is 1.62. The normalized spacial score (nSPS) is 25.3. The van der Waals surface area contributed by atoms with E-state index in [-0.39, 0.29) is 23.5 Å². The summed E-state index contributed by atoms with van der Waals surface area (Å²) >= 11 is 0. The van der Waals surface area contributed by atoms with Crippen LogP contribution in [0.3, 0.4) is 0 Å². The summed E-state index contributed by atoms with van der Waals surface area (Å²) in [5, 5.41) is 17.4. The molecule has 0 saturated carbocycles. The van der Waals surface area contributed by atoms with Crippen molar-refractivity contribution in [2.45, 2.75) is 45.2 Å². The van der Waals surface area contributed by atoms with Gasteiger partial charge >= 0.3 is 0 Å². The van der Waals surface area contributed by atoms with E-state index in [0.717, 1.165) is 25.9 Å². The SMILES string of the molecule is Cc1cc(C(=O)N2CCCC2C(=O)NC2CNCCC2C)ccc1[N+](=O)[O-]. The average Bonchev–Trinajstić information content (AvgIpc) is 3.12. The van der Waals surface area contributed by atoms with E-state index in [4.69, 9.17) is 0 Å². The fourth-order valence-electron chi connectivity index (χ4n) is 3.90. The number of amides is 2. The van der Waals surface area contributed by atoms with Crippen LogP contribution in [0.4, 0.5) is 5.69 Å². The molecule has 0 aliphatic carbocycles. The molecular formula is C19H26N4O4. The maximum absolute atomic E-state index is 12.9. The van der Waals surface area contributed by atoms with Crippen LogP contribution < -0.4 is 10.6 Å². The third kappa shape index (κ3) is 4.10. The van der Waals surface area contributed by atoms with Crippen LogP contribution in [-0.2, 0) is 4.79 Å². The van der Waals surface area contributed by atoms with Crippen molar-refractivity contribution in [1.29, 1.82) is 0 Å². The van der Waals surface area contributed by atoms with Gasteiger partial charge in [0.1, 0.15) is 6.04 Å². The van der Waals surface area contributed by atoms with Crippen molar-refractivity contribution in [3.63, 3.8) is 0 Å². The molecule has 0 bridgehead atoms. The summed E-state index contributed by atoms with van der Waals surface area (Å²) in [6.45, 7) is 5.96. The van der Waals surface area contributed by atoms with Crippen LogP contribution in [-0.4, -0.2) is 53.4 Å². The molecule has 1 aromatic rings. The first-order valence-corrected chi connectivity index (χ1v) is 9.45. The quantitative estimate of drug-likeness (QED) is 0.616. The van der Waals surface area contributed by atoms with Gasteiger partial charge in [-0.05, 0) is 50.8 Å². The monoisotopic (exact) mass is 374 g/mol. The molecule has 0 spiro atoms. The molecule has 3 atom stereocenters. The minimum absolute atomic E-state index is 0.0129. The number of nitro benzene ring substituents is 1. The van der Waals surface area contributed by atoms with Gasteiger partial charge < -0.3 is 15.5 Å². The standard InChI is InChI=1S/C19H26N4O4/c1-12-7-8-20-11-15(12)21-18(24)17-4-3-9-22(17)19(25)14-5-6-16(23(26)27)13(2)10-14/h5-6,10,12,15,17,20H,3-4,7-9,11H2,1-2H3,(H,21,24). The van der Waals surface area contributed by atoms with Gasteiger partial charge in [0.05, 0.1) is 4.92 Å². The highest BCUT2D eigenvalue weighted by Crippen LogP contribution is 2.24. The van der Waals surface area contributed by atoms with E-state index in [1.807, 2.05) is 0 Å². The summed E-state index contributed by atoms with van der Waals surface area (Å²) in [6.07, 6.45) is 2.42. The van der Waals surface area contributed by atoms with Gasteiger partial charge in [0.2, 0.25) is 5.91 Å². The van der Waals surface area contributed by atoms with E-state index in [2.05, 4.69) is 17.6 Å². The van der Waals surface area contributed by atoms with Crippen LogP contribution in [0.1, 0.15) is 42.1 Å². The first kappa shape index (κ1) is 19.3. The number of nitrogens with one attached hydrogen (secondary N) is 2. The second-order valence-electron chi connectivity index (χ2n) is 7.50. The fourth-order valence-corrected chi connectivity index (χ4v) is 3.90. The van der Waals surface area contributed by atoms with Crippen molar-refractivity contribution < 1.29 is 14.5 Å². The topological polar surface area (TPSA) is 105 Å². The summed E-state index contributed by atoms with van der Waals surface area (Å²) < 4.78 is 0. The summed E-state index contributed by atoms with van der Waals surface area (Å²) in [4.78, 5) is 37.8. The summed E-state index contributed by atoms with van der Waals surface area (Å²) in [5.41, 5.74) is 0.805. The van der Waals surface area contributed by atoms with E-state index in [9.17, 15) is 19.7 Å². The van der Waals surface area contributed by atoms with Gasteiger partial charge in [-0.25, -0.2) is 0 Å². The molecule has 1 aromatic carbocycles. The number of aryl methyl sites for hydroxylation is 1. The number of carbonyl (C=O) groups is 2. The Morgan fingerprint density at radius 2 is 2.11 bits per heavy atom. The molecule has 2 amide bonds. The zero-order valence-corrected chi connectivity index (χ0v) is 15.7. The summed E-state index contributed by atoms with van der Waals surface area (Å²) in [6, 6.07) is 3.94. The Balaban J connectivity index is 1.71. The minimum Gasteiger partial charge on any atom is -0.350 e. The molecular weight excluding hydrogens is 348 g/mol. The van der Waals surface area contributed by atoms with E-state index < -0.39 is 11.0 Å². The molecule has 3 unspecified atom stereocenters. The number of carbonyl (C=O) groups excluding carboxylic acids is 2. The highest BCUT2D eigenvalue weighted by molar-refractivity contribution is 5.98. The smallest absolute Gasteiger partial charge is 0.272 e. The number of rotatable bonds is 4. The van der Waals surface area contributed by atoms with Crippen LogP contribution in [0, 0.1) is 23.0 Å². The zero-order valence-electron chi connectivity index (χ0n) is 15.7. The minimum atomic E-state index is -0.484. The molecule has 8 nitrogen and oxygen atoms in total. The Bertz CT molecular complexity index is 751. The van der Waals surface area contributed by atoms with Gasteiger partial charge in [0.25, 0.3) is 11.6 Å². The Kier molecular flexibility index (Phi) is 5.74. The molecule has 146 valence electrons. The van der Waals surface area contributed by atoms with Gasteiger partial charge in [-0.3, -0.25) is 19.7 Å². The molecule has 2 N–H and O–H groups in total. The highest BCUT2D eigenvalue weighted by Gasteiger charge is 2.36. The Labute approximate surface area is 158 Å². The maximum atomic E-state index is 12.9. The van der Waals surface area contributed by atoms with E-state index >= 15 is 0 Å². The van der Waals surface area contributed by atoms with Crippen molar-refractivity contribution in [3.05, 3.63) is 39.4 Å². The Morgan fingerprint density at radius 3 is 2.78 bits per heavy atom. The van der Waals surface area contributed by atoms with Gasteiger partial charge in [-0.2, -0.15) is 0 Å². The predicted molar refractivity (Wildman–Crippen MR) is 100 cm³/mol. The maximum Gasteiger partial charge on any atom is 0.272 e. The lowest BCUT2D eigenvalue weighted by Crippen LogP contribution is -2.55. The van der Waals surface area contributed by atoms with Crippen LogP contribution in [0.25, 0.3) is 0 Å². The van der Waals surface area contributed by atoms with Crippen molar-refractivity contribution >= 4 is 17.5 Å². The van der Waals surface area contributed by atoms with Crippen LogP contribution in [0.5, 0.6) is 0 Å². The summed E-state index contributed by atoms with van der Waals surface area (Å²) in [5.74, 6) is 0.0403. The average molecular weight is 374 g/mol. The van der Waals surface area contributed by atoms with E-state index in [0.29, 0.717) is 30.0 Å². The van der Waals surface area contributed by atoms with Crippen molar-refractivity contribution in [3.8, 4) is 0 Å².